The second-order valence-electron chi connectivity index (χ2n) is 11.7. The van der Waals surface area contributed by atoms with Crippen LogP contribution in [0, 0.1) is 5.92 Å². The van der Waals surface area contributed by atoms with Crippen LogP contribution in [0.25, 0.3) is 0 Å². The molecule has 0 aromatic carbocycles. The lowest BCUT2D eigenvalue weighted by atomic mass is 9.94. The van der Waals surface area contributed by atoms with Gasteiger partial charge in [-0.25, -0.2) is 9.59 Å². The molecule has 204 valence electrons. The lowest BCUT2D eigenvalue weighted by Gasteiger charge is -2.29. The Bertz CT molecular complexity index is 862. The van der Waals surface area contributed by atoms with Crippen LogP contribution in [0.2, 0.25) is 0 Å². The average molecular weight is 509 g/mol. The molecular formula is C27H44N2O7. The Morgan fingerprint density at radius 3 is 1.89 bits per heavy atom. The molecule has 1 aromatic rings. The van der Waals surface area contributed by atoms with Crippen molar-refractivity contribution >= 4 is 18.0 Å². The Kier molecular flexibility index (Phi) is 11.2. The number of carbonyl (C=O) groups is 3. The van der Waals surface area contributed by atoms with Crippen LogP contribution in [0.15, 0.2) is 18.3 Å². The summed E-state index contributed by atoms with van der Waals surface area (Å²) in [7, 11) is 0. The second-order valence-corrected chi connectivity index (χ2v) is 11.7. The van der Waals surface area contributed by atoms with E-state index in [1.807, 2.05) is 6.92 Å². The van der Waals surface area contributed by atoms with Gasteiger partial charge in [-0.1, -0.05) is 6.92 Å². The first-order chi connectivity index (χ1) is 16.4. The van der Waals surface area contributed by atoms with E-state index in [0.717, 1.165) is 6.42 Å². The van der Waals surface area contributed by atoms with E-state index in [2.05, 4.69) is 10.3 Å². The summed E-state index contributed by atoms with van der Waals surface area (Å²) < 4.78 is 22.1. The van der Waals surface area contributed by atoms with E-state index in [0.29, 0.717) is 18.1 Å². The van der Waals surface area contributed by atoms with Gasteiger partial charge in [0.1, 0.15) is 28.6 Å². The molecule has 0 fully saturated rings. The van der Waals surface area contributed by atoms with Crippen molar-refractivity contribution in [3.63, 3.8) is 0 Å². The number of nitrogens with one attached hydrogen (secondary N) is 1. The van der Waals surface area contributed by atoms with Gasteiger partial charge in [-0.15, -0.1) is 0 Å². The quantitative estimate of drug-likeness (QED) is 0.347. The van der Waals surface area contributed by atoms with Gasteiger partial charge in [0, 0.05) is 12.1 Å². The van der Waals surface area contributed by atoms with Crippen molar-refractivity contribution in [2.45, 2.75) is 111 Å². The minimum Gasteiger partial charge on any atom is -0.492 e. The molecule has 0 radical (unpaired) electrons. The summed E-state index contributed by atoms with van der Waals surface area (Å²) in [6, 6.07) is 2.42. The van der Waals surface area contributed by atoms with E-state index >= 15 is 0 Å². The largest absolute Gasteiger partial charge is 0.492 e. The first-order valence-corrected chi connectivity index (χ1v) is 12.4. The maximum atomic E-state index is 13.2. The van der Waals surface area contributed by atoms with Gasteiger partial charge < -0.3 is 24.3 Å². The number of esters is 2. The van der Waals surface area contributed by atoms with Crippen molar-refractivity contribution < 1.29 is 33.3 Å². The molecule has 0 aliphatic heterocycles. The van der Waals surface area contributed by atoms with Crippen molar-refractivity contribution in [1.29, 1.82) is 0 Å². The van der Waals surface area contributed by atoms with Crippen LogP contribution in [-0.2, 0) is 30.2 Å². The topological polar surface area (TPSA) is 113 Å². The fourth-order valence-corrected chi connectivity index (χ4v) is 3.06. The normalized spacial score (nSPS) is 13.8. The number of rotatable bonds is 10. The highest BCUT2D eigenvalue weighted by Gasteiger charge is 2.35. The van der Waals surface area contributed by atoms with Crippen LogP contribution in [0.3, 0.4) is 0 Å². The summed E-state index contributed by atoms with van der Waals surface area (Å²) in [6.07, 6.45) is 1.83. The molecule has 1 heterocycles. The van der Waals surface area contributed by atoms with E-state index in [1.165, 1.54) is 0 Å². The van der Waals surface area contributed by atoms with Crippen LogP contribution in [0.4, 0.5) is 4.79 Å². The number of ether oxygens (including phenoxy) is 4. The van der Waals surface area contributed by atoms with Gasteiger partial charge in [-0.3, -0.25) is 9.78 Å². The van der Waals surface area contributed by atoms with Gasteiger partial charge in [0.05, 0.1) is 18.7 Å². The van der Waals surface area contributed by atoms with Gasteiger partial charge in [0.15, 0.2) is 0 Å². The number of amides is 1. The molecule has 36 heavy (non-hydrogen) atoms. The molecule has 9 heteroatoms. The first-order valence-electron chi connectivity index (χ1n) is 12.4. The lowest BCUT2D eigenvalue weighted by molar-refractivity contribution is -0.162. The van der Waals surface area contributed by atoms with E-state index in [-0.39, 0.29) is 12.8 Å². The van der Waals surface area contributed by atoms with Gasteiger partial charge in [0.25, 0.3) is 0 Å². The van der Waals surface area contributed by atoms with Gasteiger partial charge in [-0.2, -0.15) is 0 Å². The summed E-state index contributed by atoms with van der Waals surface area (Å²) >= 11 is 0. The van der Waals surface area contributed by atoms with E-state index in [4.69, 9.17) is 18.9 Å². The highest BCUT2D eigenvalue weighted by atomic mass is 16.6. The zero-order chi connectivity index (χ0) is 27.7. The van der Waals surface area contributed by atoms with E-state index in [9.17, 15) is 14.4 Å². The Morgan fingerprint density at radius 1 is 0.861 bits per heavy atom. The van der Waals surface area contributed by atoms with Crippen molar-refractivity contribution in [2.24, 2.45) is 5.92 Å². The maximum absolute atomic E-state index is 13.2. The number of alkyl carbamates (subject to hydrolysis) is 1. The third-order valence-electron chi connectivity index (χ3n) is 4.37. The SMILES string of the molecule is CCCOc1ccc(CC(CC(NC(=O)OC(C)(C)C)C(=O)OC(C)(C)C)C(=O)OC(C)(C)C)nc1. The molecule has 1 rings (SSSR count). The summed E-state index contributed by atoms with van der Waals surface area (Å²) in [5.74, 6) is -1.33. The fourth-order valence-electron chi connectivity index (χ4n) is 3.06. The fraction of sp³-hybridized carbons (Fsp3) is 0.704. The molecule has 2 unspecified atom stereocenters. The molecule has 1 aromatic heterocycles. The molecule has 2 atom stereocenters. The molecule has 0 aliphatic carbocycles. The molecule has 0 saturated carbocycles. The summed E-state index contributed by atoms with van der Waals surface area (Å²) in [4.78, 5) is 43.1. The zero-order valence-electron chi connectivity index (χ0n) is 23.5. The predicted molar refractivity (Wildman–Crippen MR) is 137 cm³/mol. The Balaban J connectivity index is 3.21. The minimum atomic E-state index is -1.14. The molecule has 9 nitrogen and oxygen atoms in total. The maximum Gasteiger partial charge on any atom is 0.408 e. The summed E-state index contributed by atoms with van der Waals surface area (Å²) in [5, 5.41) is 2.58. The molecule has 0 aliphatic rings. The highest BCUT2D eigenvalue weighted by Crippen LogP contribution is 2.22. The predicted octanol–water partition coefficient (Wildman–Crippen LogP) is 5.00. The number of carbonyl (C=O) groups excluding carboxylic acids is 3. The number of aromatic nitrogens is 1. The van der Waals surface area contributed by atoms with Crippen LogP contribution in [-0.4, -0.2) is 52.5 Å². The lowest BCUT2D eigenvalue weighted by Crippen LogP contribution is -2.48. The van der Waals surface area contributed by atoms with Crippen molar-refractivity contribution in [1.82, 2.24) is 10.3 Å². The molecule has 0 spiro atoms. The van der Waals surface area contributed by atoms with Crippen molar-refractivity contribution in [3.05, 3.63) is 24.0 Å². The highest BCUT2D eigenvalue weighted by molar-refractivity contribution is 5.83. The standard InChI is InChI=1S/C27H44N2O7/c1-11-14-33-20-13-12-19(28-17-20)15-18(22(30)34-25(2,3)4)16-21(23(31)35-26(5,6)7)29-24(32)36-27(8,9)10/h12-13,17-18,21H,11,14-16H2,1-10H3,(H,29,32). The molecule has 1 amide bonds. The number of hydrogen-bond donors (Lipinski definition) is 1. The number of hydrogen-bond acceptors (Lipinski definition) is 8. The smallest absolute Gasteiger partial charge is 0.408 e. The van der Waals surface area contributed by atoms with Crippen LogP contribution in [0.1, 0.15) is 87.8 Å². The van der Waals surface area contributed by atoms with Crippen molar-refractivity contribution in [2.75, 3.05) is 6.61 Å². The first kappa shape index (κ1) is 31.2. The van der Waals surface area contributed by atoms with Crippen LogP contribution in [0.5, 0.6) is 5.75 Å². The number of pyridine rings is 1. The number of nitrogens with zero attached hydrogens (tertiary/aromatic N) is 1. The third-order valence-corrected chi connectivity index (χ3v) is 4.37. The van der Waals surface area contributed by atoms with E-state index in [1.54, 1.807) is 80.6 Å². The van der Waals surface area contributed by atoms with Crippen LogP contribution >= 0.6 is 0 Å². The Hall–Kier alpha value is -2.84. The summed E-state index contributed by atoms with van der Waals surface area (Å²) in [6.45, 7) is 18.2. The molecule has 0 bridgehead atoms. The Morgan fingerprint density at radius 2 is 1.42 bits per heavy atom. The van der Waals surface area contributed by atoms with Gasteiger partial charge >= 0.3 is 18.0 Å². The monoisotopic (exact) mass is 508 g/mol. The Labute approximate surface area is 215 Å². The van der Waals surface area contributed by atoms with E-state index < -0.39 is 46.8 Å². The average Bonchev–Trinajstić information content (AvgIpc) is 2.68. The minimum absolute atomic E-state index is 0.0567. The summed E-state index contributed by atoms with van der Waals surface area (Å²) in [5.41, 5.74) is -1.67. The second kappa shape index (κ2) is 12.9. The van der Waals surface area contributed by atoms with Gasteiger partial charge in [0.2, 0.25) is 0 Å². The van der Waals surface area contributed by atoms with Crippen LogP contribution < -0.4 is 10.1 Å². The third kappa shape index (κ3) is 13.3. The van der Waals surface area contributed by atoms with Crippen molar-refractivity contribution in [3.8, 4) is 5.75 Å². The molecular weight excluding hydrogens is 464 g/mol. The molecule has 0 saturated heterocycles. The van der Waals surface area contributed by atoms with Gasteiger partial charge in [-0.05, 0) is 87.3 Å². The zero-order valence-corrected chi connectivity index (χ0v) is 23.5. The molecule has 1 N–H and O–H groups in total.